The van der Waals surface area contributed by atoms with E-state index < -0.39 is 0 Å². The van der Waals surface area contributed by atoms with Crippen LogP contribution in [0.25, 0.3) is 0 Å². The first-order chi connectivity index (χ1) is 8.24. The molecule has 0 bridgehead atoms. The molecule has 0 N–H and O–H groups in total. The fraction of sp³-hybridized carbons (Fsp3) is 1.00. The van der Waals surface area contributed by atoms with Gasteiger partial charge in [-0.2, -0.15) is 0 Å². The molecule has 0 fully saturated rings. The third-order valence-electron chi connectivity index (χ3n) is 4.21. The second-order valence-electron chi connectivity index (χ2n) is 5.32. The van der Waals surface area contributed by atoms with Crippen LogP contribution in [0.3, 0.4) is 0 Å². The third kappa shape index (κ3) is 7.99. The molecule has 0 aliphatic carbocycles. The Bertz CT molecular complexity index is 147. The number of rotatable bonds is 12. The van der Waals surface area contributed by atoms with Crippen molar-refractivity contribution in [2.24, 2.45) is 0 Å². The van der Waals surface area contributed by atoms with Crippen LogP contribution in [0.15, 0.2) is 0 Å². The van der Waals surface area contributed by atoms with Crippen molar-refractivity contribution < 1.29 is 4.43 Å². The Kier molecular flexibility index (Phi) is 11.4. The Balaban J connectivity index is 3.43. The summed E-state index contributed by atoms with van der Waals surface area (Å²) in [6.07, 6.45) is 14.9. The molecule has 0 unspecified atom stereocenters. The van der Waals surface area contributed by atoms with Crippen molar-refractivity contribution in [3.05, 3.63) is 0 Å². The van der Waals surface area contributed by atoms with Crippen molar-refractivity contribution in [3.63, 3.8) is 0 Å². The SMILES string of the molecule is CCCCCCCCCCC(CC)(CC)O[SiH3]. The largest absolute Gasteiger partial charge is 0.422 e. The summed E-state index contributed by atoms with van der Waals surface area (Å²) in [5, 5.41) is 0. The first kappa shape index (κ1) is 17.2. The standard InChI is InChI=1S/C15H34OSi/c1-4-7-8-9-10-11-12-13-14-15(5-2,6-3)16-17/h4-14H2,1-3,17H3. The maximum Gasteiger partial charge on any atom is 0.146 e. The van der Waals surface area contributed by atoms with E-state index in [4.69, 9.17) is 4.43 Å². The summed E-state index contributed by atoms with van der Waals surface area (Å²) in [5.41, 5.74) is 0.231. The normalized spacial score (nSPS) is 12.2. The highest BCUT2D eigenvalue weighted by Crippen LogP contribution is 2.26. The monoisotopic (exact) mass is 258 g/mol. The van der Waals surface area contributed by atoms with Crippen molar-refractivity contribution in [3.8, 4) is 0 Å². The van der Waals surface area contributed by atoms with Crippen LogP contribution in [0.1, 0.15) is 91.4 Å². The summed E-state index contributed by atoms with van der Waals surface area (Å²) >= 11 is 0. The van der Waals surface area contributed by atoms with Crippen molar-refractivity contribution in [1.82, 2.24) is 0 Å². The van der Waals surface area contributed by atoms with Gasteiger partial charge in [0.2, 0.25) is 0 Å². The van der Waals surface area contributed by atoms with Gasteiger partial charge in [-0.05, 0) is 19.3 Å². The minimum absolute atomic E-state index is 0.231. The molecule has 0 radical (unpaired) electrons. The van der Waals surface area contributed by atoms with Crippen LogP contribution in [0.4, 0.5) is 0 Å². The first-order valence-corrected chi connectivity index (χ1v) is 8.61. The van der Waals surface area contributed by atoms with Gasteiger partial charge in [-0.3, -0.25) is 0 Å². The van der Waals surface area contributed by atoms with Crippen molar-refractivity contribution in [1.29, 1.82) is 0 Å². The van der Waals surface area contributed by atoms with E-state index in [0.29, 0.717) is 0 Å². The highest BCUT2D eigenvalue weighted by molar-refractivity contribution is 5.98. The molecule has 0 amide bonds. The van der Waals surface area contributed by atoms with Gasteiger partial charge < -0.3 is 4.43 Å². The Morgan fingerprint density at radius 2 is 1.24 bits per heavy atom. The molecule has 0 aliphatic rings. The Hall–Kier alpha value is 0.177. The lowest BCUT2D eigenvalue weighted by Gasteiger charge is -2.31. The lowest BCUT2D eigenvalue weighted by molar-refractivity contribution is 0.0583. The number of hydrogen-bond donors (Lipinski definition) is 0. The van der Waals surface area contributed by atoms with Gasteiger partial charge in [0.25, 0.3) is 0 Å². The Morgan fingerprint density at radius 3 is 1.65 bits per heavy atom. The molecule has 0 aromatic rings. The molecular weight excluding hydrogens is 224 g/mol. The van der Waals surface area contributed by atoms with Gasteiger partial charge in [0.1, 0.15) is 10.5 Å². The van der Waals surface area contributed by atoms with Crippen LogP contribution in [0, 0.1) is 0 Å². The van der Waals surface area contributed by atoms with Gasteiger partial charge in [-0.25, -0.2) is 0 Å². The molecule has 2 heteroatoms. The highest BCUT2D eigenvalue weighted by Gasteiger charge is 2.23. The van der Waals surface area contributed by atoms with Crippen LogP contribution in [0.2, 0.25) is 0 Å². The quantitative estimate of drug-likeness (QED) is 0.373. The summed E-state index contributed by atoms with van der Waals surface area (Å²) in [4.78, 5) is 0. The predicted octanol–water partition coefficient (Wildman–Crippen LogP) is 4.37. The van der Waals surface area contributed by atoms with Crippen molar-refractivity contribution in [2.45, 2.75) is 97.0 Å². The molecule has 0 saturated carbocycles. The molecule has 0 aliphatic heterocycles. The van der Waals surface area contributed by atoms with Gasteiger partial charge in [0, 0.05) is 0 Å². The second kappa shape index (κ2) is 11.3. The molecule has 0 rings (SSSR count). The predicted molar refractivity (Wildman–Crippen MR) is 81.6 cm³/mol. The fourth-order valence-corrected chi connectivity index (χ4v) is 3.36. The minimum atomic E-state index is 0.231. The molecule has 0 aromatic heterocycles. The maximum absolute atomic E-state index is 5.83. The average Bonchev–Trinajstić information content (AvgIpc) is 2.38. The zero-order chi connectivity index (χ0) is 13.0. The Labute approximate surface area is 112 Å². The molecule has 104 valence electrons. The van der Waals surface area contributed by atoms with E-state index in [9.17, 15) is 0 Å². The van der Waals surface area contributed by atoms with E-state index in [1.54, 1.807) is 0 Å². The average molecular weight is 259 g/mol. The topological polar surface area (TPSA) is 9.23 Å². The smallest absolute Gasteiger partial charge is 0.146 e. The number of unbranched alkanes of at least 4 members (excludes halogenated alkanes) is 7. The van der Waals surface area contributed by atoms with Crippen LogP contribution in [0.5, 0.6) is 0 Å². The van der Waals surface area contributed by atoms with Crippen LogP contribution >= 0.6 is 0 Å². The summed E-state index contributed by atoms with van der Waals surface area (Å²) in [6.45, 7) is 6.82. The van der Waals surface area contributed by atoms with E-state index in [1.807, 2.05) is 0 Å². The van der Waals surface area contributed by atoms with Gasteiger partial charge in [-0.15, -0.1) is 0 Å². The lowest BCUT2D eigenvalue weighted by Crippen LogP contribution is -2.30. The molecule has 1 nitrogen and oxygen atoms in total. The summed E-state index contributed by atoms with van der Waals surface area (Å²) in [5.74, 6) is 0. The lowest BCUT2D eigenvalue weighted by atomic mass is 9.90. The van der Waals surface area contributed by atoms with Crippen molar-refractivity contribution in [2.75, 3.05) is 0 Å². The van der Waals surface area contributed by atoms with E-state index in [1.165, 1.54) is 70.6 Å². The zero-order valence-electron chi connectivity index (χ0n) is 12.7. The van der Waals surface area contributed by atoms with Crippen molar-refractivity contribution >= 4 is 10.5 Å². The molecule has 17 heavy (non-hydrogen) atoms. The third-order valence-corrected chi connectivity index (χ3v) is 5.07. The van der Waals surface area contributed by atoms with Gasteiger partial charge in [0.05, 0.1) is 5.60 Å². The van der Waals surface area contributed by atoms with E-state index in [2.05, 4.69) is 20.8 Å². The molecular formula is C15H34OSi. The van der Waals surface area contributed by atoms with Crippen LogP contribution < -0.4 is 0 Å². The van der Waals surface area contributed by atoms with E-state index in [0.717, 1.165) is 10.5 Å². The summed E-state index contributed by atoms with van der Waals surface area (Å²) in [6, 6.07) is 0. The van der Waals surface area contributed by atoms with E-state index in [-0.39, 0.29) is 5.60 Å². The molecule has 0 atom stereocenters. The second-order valence-corrected chi connectivity index (χ2v) is 5.73. The number of hydrogen-bond acceptors (Lipinski definition) is 1. The summed E-state index contributed by atoms with van der Waals surface area (Å²) < 4.78 is 5.83. The molecule has 0 saturated heterocycles. The van der Waals surface area contributed by atoms with Crippen LogP contribution in [-0.2, 0) is 4.43 Å². The Morgan fingerprint density at radius 1 is 0.765 bits per heavy atom. The molecule has 0 spiro atoms. The minimum Gasteiger partial charge on any atom is -0.422 e. The van der Waals surface area contributed by atoms with Gasteiger partial charge in [-0.1, -0.05) is 72.1 Å². The summed E-state index contributed by atoms with van der Waals surface area (Å²) in [7, 11) is 0.886. The maximum atomic E-state index is 5.83. The molecule has 0 heterocycles. The zero-order valence-corrected chi connectivity index (χ0v) is 14.7. The van der Waals surface area contributed by atoms with Gasteiger partial charge in [0.15, 0.2) is 0 Å². The van der Waals surface area contributed by atoms with Gasteiger partial charge >= 0.3 is 0 Å². The van der Waals surface area contributed by atoms with Crippen LogP contribution in [-0.4, -0.2) is 16.1 Å². The molecule has 0 aromatic carbocycles. The highest BCUT2D eigenvalue weighted by atomic mass is 28.2. The van der Waals surface area contributed by atoms with E-state index >= 15 is 0 Å². The fourth-order valence-electron chi connectivity index (χ4n) is 2.58. The first-order valence-electron chi connectivity index (χ1n) is 7.79.